The number of nitrogens with one attached hydrogen (secondary N) is 1. The molecular formula is C15H18FNO4. The van der Waals surface area contributed by atoms with Gasteiger partial charge in [0.1, 0.15) is 17.1 Å². The second-order valence-electron chi connectivity index (χ2n) is 5.70. The lowest BCUT2D eigenvalue weighted by atomic mass is 9.76. The van der Waals surface area contributed by atoms with E-state index in [-0.39, 0.29) is 17.2 Å². The molecule has 5 nitrogen and oxygen atoms in total. The van der Waals surface area contributed by atoms with Crippen molar-refractivity contribution in [2.45, 2.75) is 38.1 Å². The molecule has 0 spiro atoms. The maximum Gasteiger partial charge on any atom is 0.329 e. The van der Waals surface area contributed by atoms with Crippen molar-refractivity contribution in [3.63, 3.8) is 0 Å². The predicted octanol–water partition coefficient (Wildman–Crippen LogP) is 2.29. The number of aromatic hydroxyl groups is 1. The molecular weight excluding hydrogens is 277 g/mol. The van der Waals surface area contributed by atoms with E-state index in [1.165, 1.54) is 0 Å². The first kappa shape index (κ1) is 15.3. The number of aliphatic carboxylic acids is 1. The molecule has 2 rings (SSSR count). The van der Waals surface area contributed by atoms with Gasteiger partial charge in [-0.1, -0.05) is 19.8 Å². The largest absolute Gasteiger partial charge is 0.507 e. The van der Waals surface area contributed by atoms with Gasteiger partial charge in [0.05, 0.1) is 5.56 Å². The molecule has 1 aromatic rings. The highest BCUT2D eigenvalue weighted by atomic mass is 19.1. The minimum absolute atomic E-state index is 0.177. The Morgan fingerprint density at radius 1 is 1.43 bits per heavy atom. The summed E-state index contributed by atoms with van der Waals surface area (Å²) in [6, 6.07) is 3.00. The van der Waals surface area contributed by atoms with Crippen molar-refractivity contribution < 1.29 is 24.2 Å². The van der Waals surface area contributed by atoms with E-state index in [0.717, 1.165) is 24.6 Å². The molecule has 2 unspecified atom stereocenters. The van der Waals surface area contributed by atoms with Gasteiger partial charge in [0.25, 0.3) is 5.91 Å². The summed E-state index contributed by atoms with van der Waals surface area (Å²) in [5.41, 5.74) is -1.61. The van der Waals surface area contributed by atoms with Crippen LogP contribution in [0.1, 0.15) is 43.0 Å². The first-order valence-electron chi connectivity index (χ1n) is 6.88. The number of halogens is 1. The van der Waals surface area contributed by atoms with E-state index in [0.29, 0.717) is 19.3 Å². The van der Waals surface area contributed by atoms with Gasteiger partial charge in [0.15, 0.2) is 0 Å². The van der Waals surface area contributed by atoms with Crippen LogP contribution < -0.4 is 5.32 Å². The van der Waals surface area contributed by atoms with Gasteiger partial charge in [-0.15, -0.1) is 0 Å². The minimum Gasteiger partial charge on any atom is -0.507 e. The second kappa shape index (κ2) is 5.71. The Kier molecular flexibility index (Phi) is 4.16. The highest BCUT2D eigenvalue weighted by Crippen LogP contribution is 2.33. The first-order chi connectivity index (χ1) is 9.84. The molecule has 1 aliphatic rings. The maximum atomic E-state index is 13.2. The number of phenols is 1. The van der Waals surface area contributed by atoms with E-state index < -0.39 is 23.2 Å². The van der Waals surface area contributed by atoms with E-state index in [1.54, 1.807) is 0 Å². The highest BCUT2D eigenvalue weighted by Gasteiger charge is 2.43. The summed E-state index contributed by atoms with van der Waals surface area (Å²) in [6.45, 7) is 1.93. The van der Waals surface area contributed by atoms with Crippen LogP contribution in [-0.4, -0.2) is 27.6 Å². The lowest BCUT2D eigenvalue weighted by molar-refractivity contribution is -0.146. The predicted molar refractivity (Wildman–Crippen MR) is 73.5 cm³/mol. The van der Waals surface area contributed by atoms with Crippen molar-refractivity contribution in [1.82, 2.24) is 5.32 Å². The van der Waals surface area contributed by atoms with Crippen LogP contribution in [0.15, 0.2) is 18.2 Å². The van der Waals surface area contributed by atoms with Crippen LogP contribution in [0.2, 0.25) is 0 Å². The number of hydrogen-bond acceptors (Lipinski definition) is 3. The van der Waals surface area contributed by atoms with Crippen LogP contribution >= 0.6 is 0 Å². The zero-order chi connectivity index (χ0) is 15.6. The average Bonchev–Trinajstić information content (AvgIpc) is 2.41. The van der Waals surface area contributed by atoms with Crippen molar-refractivity contribution in [1.29, 1.82) is 0 Å². The average molecular weight is 295 g/mol. The van der Waals surface area contributed by atoms with Crippen molar-refractivity contribution in [3.05, 3.63) is 29.6 Å². The Morgan fingerprint density at radius 2 is 2.14 bits per heavy atom. The number of carboxylic acids is 1. The summed E-state index contributed by atoms with van der Waals surface area (Å²) >= 11 is 0. The lowest BCUT2D eigenvalue weighted by Crippen LogP contribution is -2.56. The number of phenolic OH excluding ortho intramolecular Hbond substituents is 1. The van der Waals surface area contributed by atoms with Gasteiger partial charge < -0.3 is 15.5 Å². The third-order valence-electron chi connectivity index (χ3n) is 3.96. The van der Waals surface area contributed by atoms with Crippen LogP contribution in [0, 0.1) is 11.7 Å². The minimum atomic E-state index is -1.35. The lowest BCUT2D eigenvalue weighted by Gasteiger charge is -2.37. The van der Waals surface area contributed by atoms with Crippen LogP contribution in [-0.2, 0) is 4.79 Å². The fraction of sp³-hybridized carbons (Fsp3) is 0.467. The van der Waals surface area contributed by atoms with E-state index in [9.17, 15) is 24.2 Å². The van der Waals surface area contributed by atoms with Crippen molar-refractivity contribution in [2.24, 2.45) is 5.92 Å². The highest BCUT2D eigenvalue weighted by molar-refractivity contribution is 5.99. The number of rotatable bonds is 3. The van der Waals surface area contributed by atoms with E-state index in [4.69, 9.17) is 0 Å². The second-order valence-corrected chi connectivity index (χ2v) is 5.70. The molecule has 114 valence electrons. The molecule has 1 amide bonds. The first-order valence-corrected chi connectivity index (χ1v) is 6.88. The van der Waals surface area contributed by atoms with Gasteiger partial charge in [-0.25, -0.2) is 9.18 Å². The van der Waals surface area contributed by atoms with Gasteiger partial charge >= 0.3 is 5.97 Å². The Morgan fingerprint density at radius 3 is 2.76 bits per heavy atom. The molecule has 0 saturated heterocycles. The monoisotopic (exact) mass is 295 g/mol. The smallest absolute Gasteiger partial charge is 0.329 e. The summed E-state index contributed by atoms with van der Waals surface area (Å²) in [5.74, 6) is -2.74. The summed E-state index contributed by atoms with van der Waals surface area (Å²) in [4.78, 5) is 23.8. The fourth-order valence-electron chi connectivity index (χ4n) is 2.89. The molecule has 6 heteroatoms. The molecule has 0 bridgehead atoms. The third-order valence-corrected chi connectivity index (χ3v) is 3.96. The molecule has 1 saturated carbocycles. The number of amides is 1. The van der Waals surface area contributed by atoms with Crippen LogP contribution in [0.5, 0.6) is 5.75 Å². The number of benzene rings is 1. The number of carbonyl (C=O) groups is 2. The standard InChI is InChI=1S/C15H18FNO4/c1-9-3-2-6-15(8-9,14(20)21)17-13(19)11-7-10(16)4-5-12(11)18/h4-5,7,9,18H,2-3,6,8H2,1H3,(H,17,19)(H,20,21). The van der Waals surface area contributed by atoms with Gasteiger partial charge in [-0.2, -0.15) is 0 Å². The number of carboxylic acid groups (broad SMARTS) is 1. The Hall–Kier alpha value is -2.11. The van der Waals surface area contributed by atoms with Gasteiger partial charge in [-0.05, 0) is 37.0 Å². The number of hydrogen-bond donors (Lipinski definition) is 3. The quantitative estimate of drug-likeness (QED) is 0.798. The molecule has 1 aromatic carbocycles. The molecule has 0 aromatic heterocycles. The topological polar surface area (TPSA) is 86.6 Å². The number of carbonyl (C=O) groups excluding carboxylic acids is 1. The van der Waals surface area contributed by atoms with Crippen molar-refractivity contribution in [3.8, 4) is 5.75 Å². The van der Waals surface area contributed by atoms with Gasteiger partial charge in [-0.3, -0.25) is 4.79 Å². The normalized spacial score (nSPS) is 25.3. The molecule has 2 atom stereocenters. The third kappa shape index (κ3) is 3.15. The zero-order valence-electron chi connectivity index (χ0n) is 11.7. The summed E-state index contributed by atoms with van der Waals surface area (Å²) < 4.78 is 13.2. The zero-order valence-corrected chi connectivity index (χ0v) is 11.7. The molecule has 0 aliphatic heterocycles. The molecule has 21 heavy (non-hydrogen) atoms. The maximum absolute atomic E-state index is 13.2. The molecule has 0 heterocycles. The Labute approximate surface area is 121 Å². The SMILES string of the molecule is CC1CCCC(NC(=O)c2cc(F)ccc2O)(C(=O)O)C1. The summed E-state index contributed by atoms with van der Waals surface area (Å²) in [6.07, 6.45) is 2.26. The van der Waals surface area contributed by atoms with E-state index in [1.807, 2.05) is 6.92 Å². The Balaban J connectivity index is 2.27. The fourth-order valence-corrected chi connectivity index (χ4v) is 2.89. The Bertz CT molecular complexity index is 575. The van der Waals surface area contributed by atoms with Gasteiger partial charge in [0.2, 0.25) is 0 Å². The van der Waals surface area contributed by atoms with Crippen LogP contribution in [0.4, 0.5) is 4.39 Å². The van der Waals surface area contributed by atoms with Crippen LogP contribution in [0.25, 0.3) is 0 Å². The van der Waals surface area contributed by atoms with E-state index >= 15 is 0 Å². The molecule has 1 fully saturated rings. The molecule has 3 N–H and O–H groups in total. The van der Waals surface area contributed by atoms with E-state index in [2.05, 4.69) is 5.32 Å². The van der Waals surface area contributed by atoms with Gasteiger partial charge in [0, 0.05) is 0 Å². The van der Waals surface area contributed by atoms with Crippen molar-refractivity contribution >= 4 is 11.9 Å². The molecule has 0 radical (unpaired) electrons. The van der Waals surface area contributed by atoms with Crippen molar-refractivity contribution in [2.75, 3.05) is 0 Å². The molecule has 1 aliphatic carbocycles. The van der Waals surface area contributed by atoms with Crippen LogP contribution in [0.3, 0.4) is 0 Å². The summed E-state index contributed by atoms with van der Waals surface area (Å²) in [5, 5.41) is 21.6. The summed E-state index contributed by atoms with van der Waals surface area (Å²) in [7, 11) is 0.